The summed E-state index contributed by atoms with van der Waals surface area (Å²) in [6, 6.07) is 0. The van der Waals surface area contributed by atoms with Crippen molar-refractivity contribution < 1.29 is 4.79 Å². The number of carbonyl (C=O) groups is 1. The van der Waals surface area contributed by atoms with E-state index >= 15 is 0 Å². The first kappa shape index (κ1) is 12.5. The van der Waals surface area contributed by atoms with E-state index in [0.717, 1.165) is 19.5 Å². The van der Waals surface area contributed by atoms with Crippen LogP contribution >= 0.6 is 0 Å². The molecular formula is C13H25NO. The molecule has 1 aliphatic rings. The van der Waals surface area contributed by atoms with Crippen molar-refractivity contribution in [3.8, 4) is 0 Å². The first-order chi connectivity index (χ1) is 6.95. The van der Waals surface area contributed by atoms with Crippen molar-refractivity contribution in [3.63, 3.8) is 0 Å². The molecule has 0 spiro atoms. The molecular weight excluding hydrogens is 186 g/mol. The number of rotatable bonds is 5. The maximum Gasteiger partial charge on any atom is 0.228 e. The first-order valence-corrected chi connectivity index (χ1v) is 6.25. The Bertz CT molecular complexity index is 233. The highest BCUT2D eigenvalue weighted by Crippen LogP contribution is 2.56. The maximum atomic E-state index is 12.2. The van der Waals surface area contributed by atoms with E-state index in [1.165, 1.54) is 6.42 Å². The van der Waals surface area contributed by atoms with Gasteiger partial charge in [-0.2, -0.15) is 0 Å². The molecule has 2 heteroatoms. The minimum atomic E-state index is -0.0315. The Hall–Kier alpha value is -0.530. The van der Waals surface area contributed by atoms with Crippen LogP contribution < -0.4 is 0 Å². The lowest BCUT2D eigenvalue weighted by Gasteiger charge is -2.23. The molecule has 0 radical (unpaired) electrons. The van der Waals surface area contributed by atoms with Gasteiger partial charge in [0.2, 0.25) is 5.91 Å². The van der Waals surface area contributed by atoms with Gasteiger partial charge in [0.1, 0.15) is 0 Å². The van der Waals surface area contributed by atoms with Gasteiger partial charge in [-0.25, -0.2) is 0 Å². The van der Waals surface area contributed by atoms with E-state index in [4.69, 9.17) is 0 Å². The van der Waals surface area contributed by atoms with Gasteiger partial charge in [0.05, 0.1) is 0 Å². The van der Waals surface area contributed by atoms with Crippen LogP contribution in [0.1, 0.15) is 47.5 Å². The van der Waals surface area contributed by atoms with Gasteiger partial charge in [-0.15, -0.1) is 0 Å². The van der Waals surface area contributed by atoms with Crippen LogP contribution in [0.15, 0.2) is 0 Å². The van der Waals surface area contributed by atoms with Crippen LogP contribution in [-0.4, -0.2) is 23.9 Å². The van der Waals surface area contributed by atoms with Crippen LogP contribution in [0.5, 0.6) is 0 Å². The molecule has 1 aliphatic carbocycles. The maximum absolute atomic E-state index is 12.2. The molecule has 2 atom stereocenters. The molecule has 1 saturated carbocycles. The monoisotopic (exact) mass is 211 g/mol. The Labute approximate surface area is 94.0 Å². The van der Waals surface area contributed by atoms with E-state index in [1.54, 1.807) is 0 Å². The molecule has 0 heterocycles. The van der Waals surface area contributed by atoms with Gasteiger partial charge in [0.15, 0.2) is 0 Å². The highest BCUT2D eigenvalue weighted by atomic mass is 16.2. The summed E-state index contributed by atoms with van der Waals surface area (Å²) in [6.07, 6.45) is 2.30. The average Bonchev–Trinajstić information content (AvgIpc) is 2.79. The van der Waals surface area contributed by atoms with Crippen molar-refractivity contribution in [1.82, 2.24) is 4.90 Å². The fourth-order valence-corrected chi connectivity index (χ4v) is 2.50. The average molecular weight is 211 g/mol. The van der Waals surface area contributed by atoms with Crippen molar-refractivity contribution in [2.75, 3.05) is 13.1 Å². The SMILES string of the molecule is CCN(CC)C(=O)[C@@]1(C)C[C@@H]1CC(C)C. The number of hydrogen-bond donors (Lipinski definition) is 0. The fraction of sp³-hybridized carbons (Fsp3) is 0.923. The van der Waals surface area contributed by atoms with E-state index in [0.29, 0.717) is 17.7 Å². The molecule has 0 N–H and O–H groups in total. The van der Waals surface area contributed by atoms with E-state index in [9.17, 15) is 4.79 Å². The van der Waals surface area contributed by atoms with Crippen LogP contribution in [0.25, 0.3) is 0 Å². The van der Waals surface area contributed by atoms with Gasteiger partial charge in [-0.05, 0) is 38.5 Å². The minimum Gasteiger partial charge on any atom is -0.343 e. The topological polar surface area (TPSA) is 20.3 Å². The van der Waals surface area contributed by atoms with Gasteiger partial charge in [0, 0.05) is 18.5 Å². The second-order valence-corrected chi connectivity index (χ2v) is 5.43. The number of nitrogens with zero attached hydrogens (tertiary/aromatic N) is 1. The Kier molecular flexibility index (Phi) is 3.80. The summed E-state index contributed by atoms with van der Waals surface area (Å²) < 4.78 is 0. The third kappa shape index (κ3) is 2.53. The highest BCUT2D eigenvalue weighted by Gasteiger charge is 2.56. The van der Waals surface area contributed by atoms with Crippen LogP contribution in [0.2, 0.25) is 0 Å². The minimum absolute atomic E-state index is 0.0315. The lowest BCUT2D eigenvalue weighted by Crippen LogP contribution is -2.36. The Morgan fingerprint density at radius 2 is 1.93 bits per heavy atom. The molecule has 0 aromatic carbocycles. The molecule has 0 unspecified atom stereocenters. The van der Waals surface area contributed by atoms with Gasteiger partial charge in [-0.3, -0.25) is 4.79 Å². The molecule has 1 fully saturated rings. The standard InChI is InChI=1S/C13H25NO/c1-6-14(7-2)12(15)13(5)9-11(13)8-10(3)4/h10-11H,6-9H2,1-5H3/t11-,13-/m0/s1. The second kappa shape index (κ2) is 4.54. The summed E-state index contributed by atoms with van der Waals surface area (Å²) in [6.45, 7) is 12.4. The smallest absolute Gasteiger partial charge is 0.228 e. The van der Waals surface area contributed by atoms with Gasteiger partial charge < -0.3 is 4.90 Å². The van der Waals surface area contributed by atoms with Crippen molar-refractivity contribution in [1.29, 1.82) is 0 Å². The molecule has 0 bridgehead atoms. The lowest BCUT2D eigenvalue weighted by atomic mass is 9.98. The largest absolute Gasteiger partial charge is 0.343 e. The zero-order valence-corrected chi connectivity index (χ0v) is 10.8. The normalized spacial score (nSPS) is 29.3. The van der Waals surface area contributed by atoms with E-state index in [2.05, 4.69) is 34.6 Å². The molecule has 1 amide bonds. The molecule has 0 aliphatic heterocycles. The molecule has 0 aromatic rings. The van der Waals surface area contributed by atoms with Gasteiger partial charge in [-0.1, -0.05) is 20.8 Å². The summed E-state index contributed by atoms with van der Waals surface area (Å²) in [7, 11) is 0. The molecule has 1 rings (SSSR count). The number of hydrogen-bond acceptors (Lipinski definition) is 1. The summed E-state index contributed by atoms with van der Waals surface area (Å²) >= 11 is 0. The second-order valence-electron chi connectivity index (χ2n) is 5.43. The third-order valence-electron chi connectivity index (χ3n) is 3.71. The Morgan fingerprint density at radius 1 is 1.40 bits per heavy atom. The fourth-order valence-electron chi connectivity index (χ4n) is 2.50. The zero-order valence-electron chi connectivity index (χ0n) is 10.8. The van der Waals surface area contributed by atoms with E-state index in [-0.39, 0.29) is 5.41 Å². The zero-order chi connectivity index (χ0) is 11.6. The molecule has 2 nitrogen and oxygen atoms in total. The van der Waals surface area contributed by atoms with E-state index in [1.807, 2.05) is 4.90 Å². The van der Waals surface area contributed by atoms with Crippen LogP contribution in [-0.2, 0) is 4.79 Å². The Balaban J connectivity index is 2.54. The van der Waals surface area contributed by atoms with Gasteiger partial charge >= 0.3 is 0 Å². The van der Waals surface area contributed by atoms with E-state index < -0.39 is 0 Å². The van der Waals surface area contributed by atoms with Crippen molar-refractivity contribution in [2.45, 2.75) is 47.5 Å². The number of amides is 1. The quantitative estimate of drug-likeness (QED) is 0.684. The number of carbonyl (C=O) groups excluding carboxylic acids is 1. The summed E-state index contributed by atoms with van der Waals surface area (Å²) in [5.74, 6) is 1.71. The summed E-state index contributed by atoms with van der Waals surface area (Å²) in [4.78, 5) is 14.2. The van der Waals surface area contributed by atoms with Crippen molar-refractivity contribution in [3.05, 3.63) is 0 Å². The van der Waals surface area contributed by atoms with Crippen LogP contribution in [0.4, 0.5) is 0 Å². The molecule has 0 aromatic heterocycles. The van der Waals surface area contributed by atoms with Crippen molar-refractivity contribution in [2.24, 2.45) is 17.3 Å². The van der Waals surface area contributed by atoms with Gasteiger partial charge in [0.25, 0.3) is 0 Å². The third-order valence-corrected chi connectivity index (χ3v) is 3.71. The molecule has 0 saturated heterocycles. The predicted octanol–water partition coefficient (Wildman–Crippen LogP) is 2.93. The Morgan fingerprint density at radius 3 is 2.33 bits per heavy atom. The predicted molar refractivity (Wildman–Crippen MR) is 63.6 cm³/mol. The van der Waals surface area contributed by atoms with Crippen LogP contribution in [0, 0.1) is 17.3 Å². The van der Waals surface area contributed by atoms with Crippen molar-refractivity contribution >= 4 is 5.91 Å². The lowest BCUT2D eigenvalue weighted by molar-refractivity contribution is -0.136. The summed E-state index contributed by atoms with van der Waals surface area (Å²) in [5.41, 5.74) is -0.0315. The summed E-state index contributed by atoms with van der Waals surface area (Å²) in [5, 5.41) is 0. The van der Waals surface area contributed by atoms with Crippen LogP contribution in [0.3, 0.4) is 0 Å². The molecule has 88 valence electrons. The highest BCUT2D eigenvalue weighted by molar-refractivity contribution is 5.85. The first-order valence-electron chi connectivity index (χ1n) is 6.25. The molecule has 15 heavy (non-hydrogen) atoms.